The summed E-state index contributed by atoms with van der Waals surface area (Å²) in [6.45, 7) is 0.358. The fourth-order valence-electron chi connectivity index (χ4n) is 3.45. The number of sulfonamides is 1. The number of amides is 2. The van der Waals surface area contributed by atoms with Gasteiger partial charge in [0.05, 0.1) is 17.6 Å². The van der Waals surface area contributed by atoms with E-state index in [1.54, 1.807) is 12.1 Å². The zero-order valence-corrected chi connectivity index (χ0v) is 16.4. The molecular formula is C19H19N3O6S. The number of nitrogens with one attached hydrogen (secondary N) is 2. The predicted molar refractivity (Wildman–Crippen MR) is 105 cm³/mol. The number of ether oxygens (including phenoxy) is 1. The molecule has 152 valence electrons. The standard InChI is InChI=1S/C19H19N3O6S/c1-29(25,26)20-8-9-27-12-3-4-13-11(10-12)2-6-15-17(13)18(22-28-15)14-5-7-16(23)21-19(14)24/h2-4,6,10,14,20H,5,7-9H2,1H3,(H,21,23,24). The summed E-state index contributed by atoms with van der Waals surface area (Å²) in [5.41, 5.74) is 1.07. The summed E-state index contributed by atoms with van der Waals surface area (Å²) in [6.07, 6.45) is 1.74. The Bertz CT molecular complexity index is 1220. The van der Waals surface area contributed by atoms with Crippen LogP contribution in [0.5, 0.6) is 5.75 Å². The van der Waals surface area contributed by atoms with Crippen LogP contribution in [0.1, 0.15) is 24.5 Å². The minimum Gasteiger partial charge on any atom is -0.492 e. The highest BCUT2D eigenvalue weighted by Gasteiger charge is 2.32. The van der Waals surface area contributed by atoms with Gasteiger partial charge in [-0.05, 0) is 41.5 Å². The highest BCUT2D eigenvalue weighted by molar-refractivity contribution is 7.88. The van der Waals surface area contributed by atoms with E-state index in [1.165, 1.54) is 0 Å². The zero-order valence-electron chi connectivity index (χ0n) is 15.6. The summed E-state index contributed by atoms with van der Waals surface area (Å²) in [4.78, 5) is 23.7. The van der Waals surface area contributed by atoms with Gasteiger partial charge in [0.2, 0.25) is 21.8 Å². The van der Waals surface area contributed by atoms with Crippen LogP contribution < -0.4 is 14.8 Å². The topological polar surface area (TPSA) is 128 Å². The largest absolute Gasteiger partial charge is 0.492 e. The quantitative estimate of drug-likeness (QED) is 0.459. The number of hydrogen-bond donors (Lipinski definition) is 2. The maximum absolute atomic E-state index is 12.3. The molecule has 0 saturated carbocycles. The van der Waals surface area contributed by atoms with Gasteiger partial charge >= 0.3 is 0 Å². The number of rotatable bonds is 6. The molecule has 10 heteroatoms. The fourth-order valence-corrected chi connectivity index (χ4v) is 3.90. The Morgan fingerprint density at radius 1 is 1.28 bits per heavy atom. The third-order valence-corrected chi connectivity index (χ3v) is 5.48. The SMILES string of the molecule is CS(=O)(=O)NCCOc1ccc2c(ccc3onc(C4CCC(=O)NC4=O)c32)c1. The lowest BCUT2D eigenvalue weighted by atomic mass is 9.91. The van der Waals surface area contributed by atoms with Gasteiger partial charge in [-0.25, -0.2) is 13.1 Å². The van der Waals surface area contributed by atoms with Crippen molar-refractivity contribution < 1.29 is 27.3 Å². The monoisotopic (exact) mass is 417 g/mol. The molecule has 1 saturated heterocycles. The summed E-state index contributed by atoms with van der Waals surface area (Å²) in [7, 11) is -3.26. The summed E-state index contributed by atoms with van der Waals surface area (Å²) < 4.78 is 35.6. The molecule has 1 atom stereocenters. The lowest BCUT2D eigenvalue weighted by molar-refractivity contribution is -0.134. The van der Waals surface area contributed by atoms with E-state index in [9.17, 15) is 18.0 Å². The van der Waals surface area contributed by atoms with Gasteiger partial charge in [-0.3, -0.25) is 14.9 Å². The maximum atomic E-state index is 12.3. The Labute approximate surface area is 166 Å². The molecule has 3 aromatic rings. The van der Waals surface area contributed by atoms with E-state index in [1.807, 2.05) is 18.2 Å². The second-order valence-corrected chi connectivity index (χ2v) is 8.74. The van der Waals surface area contributed by atoms with Crippen LogP contribution in [0.15, 0.2) is 34.9 Å². The van der Waals surface area contributed by atoms with Crippen LogP contribution in [0.25, 0.3) is 21.7 Å². The van der Waals surface area contributed by atoms with E-state index >= 15 is 0 Å². The second-order valence-electron chi connectivity index (χ2n) is 6.91. The number of carbonyl (C=O) groups is 2. The Morgan fingerprint density at radius 3 is 2.86 bits per heavy atom. The lowest BCUT2D eigenvalue weighted by Gasteiger charge is -2.19. The number of hydrogen-bond acceptors (Lipinski definition) is 7. The van der Waals surface area contributed by atoms with Gasteiger partial charge in [0.15, 0.2) is 5.58 Å². The number of piperidine rings is 1. The van der Waals surface area contributed by atoms with Crippen molar-refractivity contribution in [2.45, 2.75) is 18.8 Å². The summed E-state index contributed by atoms with van der Waals surface area (Å²) in [5.74, 6) is -0.605. The van der Waals surface area contributed by atoms with Crippen molar-refractivity contribution in [2.75, 3.05) is 19.4 Å². The van der Waals surface area contributed by atoms with Crippen molar-refractivity contribution in [3.63, 3.8) is 0 Å². The molecule has 1 aromatic heterocycles. The molecular weight excluding hydrogens is 398 g/mol. The minimum absolute atomic E-state index is 0.168. The molecule has 0 aliphatic carbocycles. The molecule has 2 heterocycles. The lowest BCUT2D eigenvalue weighted by Crippen LogP contribution is -2.39. The molecule has 1 fully saturated rings. The molecule has 1 aliphatic heterocycles. The van der Waals surface area contributed by atoms with Gasteiger partial charge < -0.3 is 9.26 Å². The Morgan fingerprint density at radius 2 is 2.10 bits per heavy atom. The average molecular weight is 417 g/mol. The molecule has 0 bridgehead atoms. The van der Waals surface area contributed by atoms with E-state index in [2.05, 4.69) is 15.2 Å². The molecule has 29 heavy (non-hydrogen) atoms. The van der Waals surface area contributed by atoms with Crippen LogP contribution in [-0.4, -0.2) is 44.8 Å². The van der Waals surface area contributed by atoms with Crippen LogP contribution in [0.4, 0.5) is 0 Å². The highest BCUT2D eigenvalue weighted by atomic mass is 32.2. The Hall–Kier alpha value is -2.98. The summed E-state index contributed by atoms with van der Waals surface area (Å²) >= 11 is 0. The Balaban J connectivity index is 1.63. The van der Waals surface area contributed by atoms with Crippen LogP contribution >= 0.6 is 0 Å². The molecule has 0 spiro atoms. The van der Waals surface area contributed by atoms with Crippen molar-refractivity contribution in [1.29, 1.82) is 0 Å². The predicted octanol–water partition coefficient (Wildman–Crippen LogP) is 1.43. The van der Waals surface area contributed by atoms with E-state index < -0.39 is 15.9 Å². The first-order chi connectivity index (χ1) is 13.8. The van der Waals surface area contributed by atoms with Gasteiger partial charge in [0, 0.05) is 13.0 Å². The van der Waals surface area contributed by atoms with E-state index in [0.29, 0.717) is 23.4 Å². The second kappa shape index (κ2) is 7.45. The number of nitrogens with zero attached hydrogens (tertiary/aromatic N) is 1. The normalized spacial score (nSPS) is 17.6. The minimum atomic E-state index is -3.26. The van der Waals surface area contributed by atoms with Crippen LogP contribution in [0.2, 0.25) is 0 Å². The van der Waals surface area contributed by atoms with Crippen molar-refractivity contribution in [1.82, 2.24) is 15.2 Å². The zero-order chi connectivity index (χ0) is 20.6. The van der Waals surface area contributed by atoms with E-state index in [0.717, 1.165) is 22.4 Å². The van der Waals surface area contributed by atoms with E-state index in [4.69, 9.17) is 9.26 Å². The first kappa shape index (κ1) is 19.3. The van der Waals surface area contributed by atoms with Gasteiger partial charge in [-0.1, -0.05) is 11.2 Å². The number of carbonyl (C=O) groups excluding carboxylic acids is 2. The van der Waals surface area contributed by atoms with Gasteiger partial charge in [-0.15, -0.1) is 0 Å². The van der Waals surface area contributed by atoms with Crippen molar-refractivity contribution in [3.05, 3.63) is 36.0 Å². The molecule has 2 N–H and O–H groups in total. The summed E-state index contributed by atoms with van der Waals surface area (Å²) in [6, 6.07) is 9.08. The molecule has 2 aromatic carbocycles. The van der Waals surface area contributed by atoms with Gasteiger partial charge in [0.25, 0.3) is 0 Å². The molecule has 1 unspecified atom stereocenters. The smallest absolute Gasteiger partial charge is 0.235 e. The highest BCUT2D eigenvalue weighted by Crippen LogP contribution is 2.36. The van der Waals surface area contributed by atoms with Crippen molar-refractivity contribution >= 4 is 43.6 Å². The molecule has 9 nitrogen and oxygen atoms in total. The number of fused-ring (bicyclic) bond motifs is 3. The summed E-state index contributed by atoms with van der Waals surface area (Å²) in [5, 5.41) is 8.91. The number of aromatic nitrogens is 1. The third-order valence-electron chi connectivity index (χ3n) is 4.76. The van der Waals surface area contributed by atoms with Gasteiger partial charge in [0.1, 0.15) is 18.1 Å². The van der Waals surface area contributed by atoms with Crippen LogP contribution in [-0.2, 0) is 19.6 Å². The van der Waals surface area contributed by atoms with Crippen LogP contribution in [0, 0.1) is 0 Å². The van der Waals surface area contributed by atoms with Crippen molar-refractivity contribution in [3.8, 4) is 5.75 Å². The number of benzene rings is 2. The fraction of sp³-hybridized carbons (Fsp3) is 0.316. The van der Waals surface area contributed by atoms with Crippen LogP contribution in [0.3, 0.4) is 0 Å². The molecule has 0 radical (unpaired) electrons. The average Bonchev–Trinajstić information content (AvgIpc) is 3.08. The van der Waals surface area contributed by atoms with Gasteiger partial charge in [-0.2, -0.15) is 0 Å². The molecule has 2 amide bonds. The third kappa shape index (κ3) is 4.08. The van der Waals surface area contributed by atoms with E-state index in [-0.39, 0.29) is 31.4 Å². The molecule has 1 aliphatic rings. The number of imide groups is 1. The Kier molecular flexibility index (Phi) is 4.97. The van der Waals surface area contributed by atoms with Crippen molar-refractivity contribution in [2.24, 2.45) is 0 Å². The maximum Gasteiger partial charge on any atom is 0.235 e. The first-order valence-electron chi connectivity index (χ1n) is 9.05. The molecule has 4 rings (SSSR count). The first-order valence-corrected chi connectivity index (χ1v) is 10.9.